The van der Waals surface area contributed by atoms with E-state index in [1.807, 2.05) is 0 Å². The summed E-state index contributed by atoms with van der Waals surface area (Å²) >= 11 is 0. The normalized spacial score (nSPS) is 44.0. The highest BCUT2D eigenvalue weighted by Gasteiger charge is 2.56. The molecule has 0 amide bonds. The third-order valence-corrected chi connectivity index (χ3v) is 10.0. The maximum absolute atomic E-state index is 10.2. The number of hydrogen-bond donors (Lipinski definition) is 1. The van der Waals surface area contributed by atoms with Crippen molar-refractivity contribution in [2.45, 2.75) is 92.6 Å². The lowest BCUT2D eigenvalue weighted by atomic mass is 9.50. The highest BCUT2D eigenvalue weighted by atomic mass is 16.3. The standard InChI is InChI=1S/C28H44O/c1-18(2)19(3)7-8-20(4)24-11-12-25-23-10-9-21-17-22(29)13-15-27(21,5)26(23)14-16-28(24,25)6/h7-10,18-20,22,24-26,29H,11-17H2,1-6H3/b8-7+/t19-,20+,22+,24-,25+,26-,27+,28-/m0/s1. The van der Waals surface area contributed by atoms with Gasteiger partial charge in [0.15, 0.2) is 0 Å². The monoisotopic (exact) mass is 396 g/mol. The zero-order valence-electron chi connectivity index (χ0n) is 19.7. The Morgan fingerprint density at radius 3 is 2.41 bits per heavy atom. The molecule has 8 atom stereocenters. The summed E-state index contributed by atoms with van der Waals surface area (Å²) < 4.78 is 0. The van der Waals surface area contributed by atoms with E-state index in [1.165, 1.54) is 37.7 Å². The predicted molar refractivity (Wildman–Crippen MR) is 123 cm³/mol. The summed E-state index contributed by atoms with van der Waals surface area (Å²) in [6.07, 6.45) is 18.4. The SMILES string of the molecule is CC(C)[C@@H](C)/C=C/[C@@H](C)[C@@H]1CC[C@@H]2C3=CC=C4C[C@H](O)CC[C@@]4(C)[C@H]3CC[C@]21C. The van der Waals surface area contributed by atoms with Gasteiger partial charge in [-0.2, -0.15) is 0 Å². The summed E-state index contributed by atoms with van der Waals surface area (Å²) in [5.41, 5.74) is 4.07. The average Bonchev–Trinajstić information content (AvgIpc) is 3.03. The first-order valence-corrected chi connectivity index (χ1v) is 12.4. The summed E-state index contributed by atoms with van der Waals surface area (Å²) in [7, 11) is 0. The number of rotatable bonds is 4. The van der Waals surface area contributed by atoms with Gasteiger partial charge in [0.2, 0.25) is 0 Å². The van der Waals surface area contributed by atoms with E-state index in [0.717, 1.165) is 36.5 Å². The van der Waals surface area contributed by atoms with E-state index >= 15 is 0 Å². The summed E-state index contributed by atoms with van der Waals surface area (Å²) in [5, 5.41) is 10.2. The van der Waals surface area contributed by atoms with Crippen molar-refractivity contribution in [3.05, 3.63) is 35.5 Å². The molecule has 3 fully saturated rings. The van der Waals surface area contributed by atoms with Gasteiger partial charge in [0.05, 0.1) is 6.10 Å². The van der Waals surface area contributed by atoms with Gasteiger partial charge in [-0.25, -0.2) is 0 Å². The largest absolute Gasteiger partial charge is 0.393 e. The second kappa shape index (κ2) is 7.70. The van der Waals surface area contributed by atoms with E-state index < -0.39 is 0 Å². The van der Waals surface area contributed by atoms with Gasteiger partial charge in [-0.3, -0.25) is 0 Å². The highest BCUT2D eigenvalue weighted by molar-refractivity contribution is 5.39. The van der Waals surface area contributed by atoms with Crippen LogP contribution in [0.5, 0.6) is 0 Å². The van der Waals surface area contributed by atoms with Crippen molar-refractivity contribution in [2.75, 3.05) is 0 Å². The summed E-state index contributed by atoms with van der Waals surface area (Å²) in [4.78, 5) is 0. The van der Waals surface area contributed by atoms with Crippen molar-refractivity contribution in [3.63, 3.8) is 0 Å². The van der Waals surface area contributed by atoms with Crippen molar-refractivity contribution in [1.82, 2.24) is 0 Å². The van der Waals surface area contributed by atoms with Gasteiger partial charge in [0.25, 0.3) is 0 Å². The third-order valence-electron chi connectivity index (χ3n) is 10.0. The van der Waals surface area contributed by atoms with Crippen molar-refractivity contribution in [2.24, 2.45) is 46.3 Å². The van der Waals surface area contributed by atoms with Gasteiger partial charge in [-0.15, -0.1) is 0 Å². The molecule has 4 aliphatic carbocycles. The fourth-order valence-corrected chi connectivity index (χ4v) is 7.59. The van der Waals surface area contributed by atoms with Crippen LogP contribution >= 0.6 is 0 Å². The maximum Gasteiger partial charge on any atom is 0.0578 e. The van der Waals surface area contributed by atoms with Crippen molar-refractivity contribution < 1.29 is 5.11 Å². The maximum atomic E-state index is 10.2. The molecule has 0 spiro atoms. The fraction of sp³-hybridized carbons (Fsp3) is 0.786. The molecule has 0 aromatic heterocycles. The number of aliphatic hydroxyl groups is 1. The van der Waals surface area contributed by atoms with E-state index in [1.54, 1.807) is 5.57 Å². The molecule has 0 radical (unpaired) electrons. The van der Waals surface area contributed by atoms with Crippen LogP contribution in [0.15, 0.2) is 35.5 Å². The predicted octanol–water partition coefficient (Wildman–Crippen LogP) is 7.33. The number of fused-ring (bicyclic) bond motifs is 5. The van der Waals surface area contributed by atoms with Crippen LogP contribution in [0.3, 0.4) is 0 Å². The van der Waals surface area contributed by atoms with Gasteiger partial charge in [0, 0.05) is 0 Å². The van der Waals surface area contributed by atoms with E-state index in [2.05, 4.69) is 65.8 Å². The molecule has 1 heteroatoms. The minimum absolute atomic E-state index is 0.116. The Morgan fingerprint density at radius 1 is 0.931 bits per heavy atom. The zero-order chi connectivity index (χ0) is 21.0. The topological polar surface area (TPSA) is 20.2 Å². The van der Waals surface area contributed by atoms with Crippen LogP contribution in [-0.2, 0) is 0 Å². The fourth-order valence-electron chi connectivity index (χ4n) is 7.59. The van der Waals surface area contributed by atoms with Gasteiger partial charge < -0.3 is 5.11 Å². The molecular formula is C28H44O. The molecule has 1 N–H and O–H groups in total. The van der Waals surface area contributed by atoms with Gasteiger partial charge in [-0.1, -0.05) is 77.0 Å². The van der Waals surface area contributed by atoms with Crippen LogP contribution in [0.1, 0.15) is 86.5 Å². The first kappa shape index (κ1) is 21.4. The minimum atomic E-state index is -0.116. The lowest BCUT2D eigenvalue weighted by Gasteiger charge is -2.55. The summed E-state index contributed by atoms with van der Waals surface area (Å²) in [6, 6.07) is 0. The van der Waals surface area contributed by atoms with E-state index in [-0.39, 0.29) is 6.10 Å². The molecule has 0 aromatic rings. The number of hydrogen-bond acceptors (Lipinski definition) is 1. The van der Waals surface area contributed by atoms with Crippen molar-refractivity contribution >= 4 is 0 Å². The molecular weight excluding hydrogens is 352 g/mol. The number of allylic oxidation sites excluding steroid dienone is 5. The quantitative estimate of drug-likeness (QED) is 0.493. The van der Waals surface area contributed by atoms with Crippen LogP contribution < -0.4 is 0 Å². The second-order valence-electron chi connectivity index (χ2n) is 11.9. The summed E-state index contributed by atoms with van der Waals surface area (Å²) in [6.45, 7) is 14.6. The minimum Gasteiger partial charge on any atom is -0.393 e. The third kappa shape index (κ3) is 3.50. The van der Waals surface area contributed by atoms with Crippen LogP contribution in [-0.4, -0.2) is 11.2 Å². The molecule has 162 valence electrons. The van der Waals surface area contributed by atoms with Crippen LogP contribution in [0.4, 0.5) is 0 Å². The first-order valence-electron chi connectivity index (χ1n) is 12.4. The van der Waals surface area contributed by atoms with Crippen LogP contribution in [0, 0.1) is 46.3 Å². The zero-order valence-corrected chi connectivity index (χ0v) is 19.7. The second-order valence-corrected chi connectivity index (χ2v) is 11.9. The molecule has 0 bridgehead atoms. The molecule has 4 rings (SSSR count). The Labute approximate surface area is 179 Å². The van der Waals surface area contributed by atoms with E-state index in [9.17, 15) is 5.11 Å². The first-order chi connectivity index (χ1) is 13.7. The Balaban J connectivity index is 1.57. The molecule has 0 aromatic carbocycles. The lowest BCUT2D eigenvalue weighted by Crippen LogP contribution is -2.46. The molecule has 0 heterocycles. The Bertz CT molecular complexity index is 712. The van der Waals surface area contributed by atoms with Crippen LogP contribution in [0.2, 0.25) is 0 Å². The lowest BCUT2D eigenvalue weighted by molar-refractivity contribution is 0.0382. The number of aliphatic hydroxyl groups excluding tert-OH is 1. The average molecular weight is 397 g/mol. The van der Waals surface area contributed by atoms with Gasteiger partial charge >= 0.3 is 0 Å². The molecule has 0 saturated heterocycles. The molecule has 0 unspecified atom stereocenters. The Hall–Kier alpha value is -0.820. The van der Waals surface area contributed by atoms with Crippen LogP contribution in [0.25, 0.3) is 0 Å². The van der Waals surface area contributed by atoms with Crippen molar-refractivity contribution in [3.8, 4) is 0 Å². The highest BCUT2D eigenvalue weighted by Crippen LogP contribution is 2.65. The smallest absolute Gasteiger partial charge is 0.0578 e. The molecule has 1 nitrogen and oxygen atoms in total. The van der Waals surface area contributed by atoms with Crippen molar-refractivity contribution in [1.29, 1.82) is 0 Å². The van der Waals surface area contributed by atoms with E-state index in [0.29, 0.717) is 22.7 Å². The Morgan fingerprint density at radius 2 is 1.69 bits per heavy atom. The molecule has 29 heavy (non-hydrogen) atoms. The van der Waals surface area contributed by atoms with Gasteiger partial charge in [0.1, 0.15) is 0 Å². The Kier molecular flexibility index (Phi) is 5.69. The summed E-state index contributed by atoms with van der Waals surface area (Å²) in [5.74, 6) is 4.38. The molecule has 0 aliphatic heterocycles. The molecule has 3 saturated carbocycles. The van der Waals surface area contributed by atoms with E-state index in [4.69, 9.17) is 0 Å². The van der Waals surface area contributed by atoms with Gasteiger partial charge in [-0.05, 0) is 91.3 Å². The molecule has 4 aliphatic rings.